The molecule has 0 fully saturated rings. The third kappa shape index (κ3) is 1.82. The molecule has 2 heteroatoms. The molecular weight excluding hydrogens is 202 g/mol. The molecule has 0 aliphatic heterocycles. The second-order valence-corrected chi connectivity index (χ2v) is 3.58. The highest BCUT2D eigenvalue weighted by Gasteiger charge is 1.99. The van der Waals surface area contributed by atoms with Crippen molar-refractivity contribution in [3.8, 4) is 0 Å². The first-order chi connectivity index (χ1) is 5.15. The van der Waals surface area contributed by atoms with Crippen LogP contribution in [0.4, 0.5) is 0 Å². The van der Waals surface area contributed by atoms with Gasteiger partial charge in [0.25, 0.3) is 0 Å². The van der Waals surface area contributed by atoms with Crippen LogP contribution in [0, 0.1) is 13.8 Å². The molecule has 1 aromatic carbocycles. The van der Waals surface area contributed by atoms with E-state index >= 15 is 0 Å². The van der Waals surface area contributed by atoms with Crippen molar-refractivity contribution in [2.75, 3.05) is 0 Å². The minimum Gasteiger partial charge on any atom is -0.326 e. The smallest absolute Gasteiger partial charge is 0.0210 e. The number of nitrogens with two attached hydrogens (primary N) is 1. The first-order valence-electron chi connectivity index (χ1n) is 3.61. The van der Waals surface area contributed by atoms with Crippen molar-refractivity contribution in [3.63, 3.8) is 0 Å². The lowest BCUT2D eigenvalue weighted by atomic mass is 10.1. The van der Waals surface area contributed by atoms with Crippen molar-refractivity contribution >= 4 is 15.9 Å². The molecule has 1 nitrogen and oxygen atoms in total. The number of halogens is 1. The maximum Gasteiger partial charge on any atom is 0.0210 e. The van der Waals surface area contributed by atoms with Crippen molar-refractivity contribution in [1.29, 1.82) is 0 Å². The van der Waals surface area contributed by atoms with E-state index in [4.69, 9.17) is 5.73 Å². The lowest BCUT2D eigenvalue weighted by Crippen LogP contribution is -1.97. The normalized spacial score (nSPS) is 10.2. The van der Waals surface area contributed by atoms with E-state index in [-0.39, 0.29) is 0 Å². The SMILES string of the molecule is Cc1cc(CN)cc(Br)c1C. The van der Waals surface area contributed by atoms with Crippen molar-refractivity contribution < 1.29 is 0 Å². The zero-order valence-electron chi connectivity index (χ0n) is 6.82. The molecule has 0 atom stereocenters. The van der Waals surface area contributed by atoms with Gasteiger partial charge in [-0.1, -0.05) is 22.0 Å². The Bertz CT molecular complexity index is 245. The Balaban J connectivity index is 3.21. The maximum absolute atomic E-state index is 5.52. The molecule has 0 spiro atoms. The Morgan fingerprint density at radius 1 is 1.36 bits per heavy atom. The second-order valence-electron chi connectivity index (χ2n) is 2.72. The molecule has 0 saturated heterocycles. The average molecular weight is 214 g/mol. The van der Waals surface area contributed by atoms with Gasteiger partial charge in [-0.05, 0) is 36.6 Å². The zero-order chi connectivity index (χ0) is 8.43. The number of hydrogen-bond acceptors (Lipinski definition) is 1. The van der Waals surface area contributed by atoms with Crippen molar-refractivity contribution in [2.45, 2.75) is 20.4 Å². The lowest BCUT2D eigenvalue weighted by Gasteiger charge is -2.05. The van der Waals surface area contributed by atoms with E-state index in [2.05, 4.69) is 41.9 Å². The van der Waals surface area contributed by atoms with Gasteiger partial charge in [-0.15, -0.1) is 0 Å². The van der Waals surface area contributed by atoms with E-state index in [0.29, 0.717) is 6.54 Å². The maximum atomic E-state index is 5.52. The summed E-state index contributed by atoms with van der Waals surface area (Å²) >= 11 is 3.48. The van der Waals surface area contributed by atoms with E-state index in [1.165, 1.54) is 16.7 Å². The predicted molar refractivity (Wildman–Crippen MR) is 51.5 cm³/mol. The number of rotatable bonds is 1. The summed E-state index contributed by atoms with van der Waals surface area (Å²) in [5.74, 6) is 0. The van der Waals surface area contributed by atoms with Crippen LogP contribution in [0.2, 0.25) is 0 Å². The van der Waals surface area contributed by atoms with Crippen LogP contribution in [-0.4, -0.2) is 0 Å². The molecule has 60 valence electrons. The van der Waals surface area contributed by atoms with E-state index < -0.39 is 0 Å². The van der Waals surface area contributed by atoms with E-state index in [9.17, 15) is 0 Å². The van der Waals surface area contributed by atoms with Crippen LogP contribution in [0.5, 0.6) is 0 Å². The Hall–Kier alpha value is -0.340. The monoisotopic (exact) mass is 213 g/mol. The second kappa shape index (κ2) is 3.37. The Morgan fingerprint density at radius 3 is 2.45 bits per heavy atom. The quantitative estimate of drug-likeness (QED) is 0.763. The lowest BCUT2D eigenvalue weighted by molar-refractivity contribution is 1.06. The van der Waals surface area contributed by atoms with Gasteiger partial charge < -0.3 is 5.73 Å². The molecular formula is C9H12BrN. The van der Waals surface area contributed by atoms with Crippen LogP contribution in [-0.2, 0) is 6.54 Å². The van der Waals surface area contributed by atoms with Crippen LogP contribution in [0.25, 0.3) is 0 Å². The Kier molecular flexibility index (Phi) is 2.68. The van der Waals surface area contributed by atoms with Gasteiger partial charge >= 0.3 is 0 Å². The van der Waals surface area contributed by atoms with Gasteiger partial charge in [-0.25, -0.2) is 0 Å². The average Bonchev–Trinajstić information content (AvgIpc) is 1.99. The van der Waals surface area contributed by atoms with Crippen molar-refractivity contribution in [3.05, 3.63) is 33.3 Å². The van der Waals surface area contributed by atoms with Gasteiger partial charge in [0.15, 0.2) is 0 Å². The summed E-state index contributed by atoms with van der Waals surface area (Å²) in [4.78, 5) is 0. The topological polar surface area (TPSA) is 26.0 Å². The van der Waals surface area contributed by atoms with Crippen LogP contribution in [0.3, 0.4) is 0 Å². The third-order valence-corrected chi connectivity index (χ3v) is 2.72. The van der Waals surface area contributed by atoms with Crippen molar-refractivity contribution in [1.82, 2.24) is 0 Å². The summed E-state index contributed by atoms with van der Waals surface area (Å²) in [6.45, 7) is 4.80. The summed E-state index contributed by atoms with van der Waals surface area (Å²) < 4.78 is 1.15. The predicted octanol–water partition coefficient (Wildman–Crippen LogP) is 2.52. The Morgan fingerprint density at radius 2 is 2.00 bits per heavy atom. The molecule has 0 radical (unpaired) electrons. The summed E-state index contributed by atoms with van der Waals surface area (Å²) in [6.07, 6.45) is 0. The summed E-state index contributed by atoms with van der Waals surface area (Å²) in [5, 5.41) is 0. The van der Waals surface area contributed by atoms with Crippen molar-refractivity contribution in [2.24, 2.45) is 5.73 Å². The van der Waals surface area contributed by atoms with Gasteiger partial charge in [-0.2, -0.15) is 0 Å². The fourth-order valence-corrected chi connectivity index (χ4v) is 1.61. The molecule has 0 saturated carbocycles. The Labute approximate surface area is 75.7 Å². The standard InChI is InChI=1S/C9H12BrN/c1-6-3-8(5-11)4-9(10)7(6)2/h3-4H,5,11H2,1-2H3. The highest BCUT2D eigenvalue weighted by molar-refractivity contribution is 9.10. The number of aryl methyl sites for hydroxylation is 1. The first kappa shape index (κ1) is 8.75. The molecule has 0 amide bonds. The molecule has 0 bridgehead atoms. The van der Waals surface area contributed by atoms with E-state index in [1.54, 1.807) is 0 Å². The molecule has 0 heterocycles. The van der Waals surface area contributed by atoms with Crippen LogP contribution >= 0.6 is 15.9 Å². The van der Waals surface area contributed by atoms with E-state index in [1.807, 2.05) is 0 Å². The molecule has 1 aromatic rings. The van der Waals surface area contributed by atoms with Gasteiger partial charge in [-0.3, -0.25) is 0 Å². The first-order valence-corrected chi connectivity index (χ1v) is 4.40. The molecule has 1 rings (SSSR count). The summed E-state index contributed by atoms with van der Waals surface area (Å²) in [6, 6.07) is 4.20. The number of hydrogen-bond donors (Lipinski definition) is 1. The molecule has 2 N–H and O–H groups in total. The fourth-order valence-electron chi connectivity index (χ4n) is 1.01. The summed E-state index contributed by atoms with van der Waals surface area (Å²) in [7, 11) is 0. The fraction of sp³-hybridized carbons (Fsp3) is 0.333. The highest BCUT2D eigenvalue weighted by Crippen LogP contribution is 2.21. The zero-order valence-corrected chi connectivity index (χ0v) is 8.40. The van der Waals surface area contributed by atoms with Gasteiger partial charge in [0.1, 0.15) is 0 Å². The molecule has 11 heavy (non-hydrogen) atoms. The van der Waals surface area contributed by atoms with Gasteiger partial charge in [0.2, 0.25) is 0 Å². The van der Waals surface area contributed by atoms with Crippen LogP contribution in [0.1, 0.15) is 16.7 Å². The van der Waals surface area contributed by atoms with E-state index in [0.717, 1.165) is 4.47 Å². The third-order valence-electron chi connectivity index (χ3n) is 1.90. The van der Waals surface area contributed by atoms with Gasteiger partial charge in [0.05, 0.1) is 0 Å². The minimum atomic E-state index is 0.611. The van der Waals surface area contributed by atoms with Gasteiger partial charge in [0, 0.05) is 11.0 Å². The molecule has 0 aromatic heterocycles. The van der Waals surface area contributed by atoms with Crippen LogP contribution < -0.4 is 5.73 Å². The van der Waals surface area contributed by atoms with Crippen LogP contribution in [0.15, 0.2) is 16.6 Å². The molecule has 0 aliphatic carbocycles. The largest absolute Gasteiger partial charge is 0.326 e. The molecule has 0 unspecified atom stereocenters. The summed E-state index contributed by atoms with van der Waals surface area (Å²) in [5.41, 5.74) is 9.28. The highest BCUT2D eigenvalue weighted by atomic mass is 79.9. The molecule has 0 aliphatic rings. The number of benzene rings is 1. The minimum absolute atomic E-state index is 0.611.